The van der Waals surface area contributed by atoms with E-state index in [1.165, 1.54) is 12.1 Å². The van der Waals surface area contributed by atoms with Gasteiger partial charge in [0.2, 0.25) is 0 Å². The van der Waals surface area contributed by atoms with Gasteiger partial charge in [-0.25, -0.2) is 4.39 Å². The van der Waals surface area contributed by atoms with E-state index in [1.54, 1.807) is 18.1 Å². The number of anilines is 1. The van der Waals surface area contributed by atoms with Crippen molar-refractivity contribution in [3.63, 3.8) is 0 Å². The molecular formula is C15H20ClFN2O2. The molecule has 0 aromatic heterocycles. The molecule has 21 heavy (non-hydrogen) atoms. The monoisotopic (exact) mass is 314 g/mol. The molecule has 116 valence electrons. The van der Waals surface area contributed by atoms with E-state index in [9.17, 15) is 9.18 Å². The number of fused-ring (bicyclic) bond motifs is 1. The SMILES string of the molecule is COC1(C(=O)N2CCc3ccc(F)cc32)CCNCC1.Cl. The third kappa shape index (κ3) is 2.78. The summed E-state index contributed by atoms with van der Waals surface area (Å²) in [6, 6.07) is 4.66. The van der Waals surface area contributed by atoms with Gasteiger partial charge < -0.3 is 15.0 Å². The van der Waals surface area contributed by atoms with E-state index >= 15 is 0 Å². The van der Waals surface area contributed by atoms with E-state index in [1.807, 2.05) is 0 Å². The summed E-state index contributed by atoms with van der Waals surface area (Å²) in [6.07, 6.45) is 2.09. The molecule has 0 saturated carbocycles. The molecule has 0 spiro atoms. The molecule has 3 rings (SSSR count). The molecule has 0 atom stereocenters. The Morgan fingerprint density at radius 2 is 2.10 bits per heavy atom. The van der Waals surface area contributed by atoms with Crippen LogP contribution < -0.4 is 10.2 Å². The Hall–Kier alpha value is -1.17. The number of halogens is 2. The van der Waals surface area contributed by atoms with E-state index in [2.05, 4.69) is 5.32 Å². The Bertz CT molecular complexity index is 532. The summed E-state index contributed by atoms with van der Waals surface area (Å²) in [6.45, 7) is 2.14. The summed E-state index contributed by atoms with van der Waals surface area (Å²) in [5.74, 6) is -0.342. The van der Waals surface area contributed by atoms with Crippen molar-refractivity contribution in [3.8, 4) is 0 Å². The van der Waals surface area contributed by atoms with E-state index in [-0.39, 0.29) is 24.1 Å². The summed E-state index contributed by atoms with van der Waals surface area (Å²) in [7, 11) is 1.59. The number of benzene rings is 1. The van der Waals surface area contributed by atoms with Gasteiger partial charge in [-0.1, -0.05) is 6.07 Å². The number of amides is 1. The summed E-state index contributed by atoms with van der Waals surface area (Å²) in [4.78, 5) is 14.6. The average molecular weight is 315 g/mol. The molecule has 0 radical (unpaired) electrons. The number of ether oxygens (including phenoxy) is 1. The zero-order chi connectivity index (χ0) is 14.2. The van der Waals surface area contributed by atoms with Crippen LogP contribution in [0.2, 0.25) is 0 Å². The maximum Gasteiger partial charge on any atom is 0.259 e. The lowest BCUT2D eigenvalue weighted by Crippen LogP contribution is -2.55. The maximum absolute atomic E-state index is 13.4. The fourth-order valence-electron chi connectivity index (χ4n) is 3.15. The molecule has 0 unspecified atom stereocenters. The molecule has 0 bridgehead atoms. The molecule has 1 fully saturated rings. The summed E-state index contributed by atoms with van der Waals surface area (Å²) >= 11 is 0. The Morgan fingerprint density at radius 3 is 2.76 bits per heavy atom. The van der Waals surface area contributed by atoms with Crippen molar-refractivity contribution >= 4 is 24.0 Å². The van der Waals surface area contributed by atoms with Crippen LogP contribution in [0.15, 0.2) is 18.2 Å². The van der Waals surface area contributed by atoms with Crippen molar-refractivity contribution in [2.45, 2.75) is 24.9 Å². The second-order valence-electron chi connectivity index (χ2n) is 5.43. The molecule has 1 amide bonds. The van der Waals surface area contributed by atoms with Gasteiger partial charge in [-0.05, 0) is 50.0 Å². The molecule has 6 heteroatoms. The second-order valence-corrected chi connectivity index (χ2v) is 5.43. The standard InChI is InChI=1S/C15H19FN2O2.ClH/c1-20-15(5-7-17-8-6-15)14(19)18-9-4-11-2-3-12(16)10-13(11)18;/h2-3,10,17H,4-9H2,1H3;1H. The lowest BCUT2D eigenvalue weighted by atomic mass is 9.90. The Balaban J connectivity index is 0.00000161. The second kappa shape index (κ2) is 6.30. The minimum atomic E-state index is -0.765. The molecule has 0 aliphatic carbocycles. The largest absolute Gasteiger partial charge is 0.368 e. The van der Waals surface area contributed by atoms with E-state index < -0.39 is 5.60 Å². The first-order valence-electron chi connectivity index (χ1n) is 7.02. The minimum Gasteiger partial charge on any atom is -0.368 e. The van der Waals surface area contributed by atoms with Crippen molar-refractivity contribution in [2.75, 3.05) is 31.6 Å². The van der Waals surface area contributed by atoms with E-state index in [0.29, 0.717) is 25.1 Å². The van der Waals surface area contributed by atoms with Crippen molar-refractivity contribution in [2.24, 2.45) is 0 Å². The highest BCUT2D eigenvalue weighted by Gasteiger charge is 2.44. The first kappa shape index (κ1) is 16.2. The van der Waals surface area contributed by atoms with Crippen LogP contribution in [-0.2, 0) is 16.0 Å². The number of rotatable bonds is 2. The summed E-state index contributed by atoms with van der Waals surface area (Å²) < 4.78 is 19.0. The highest BCUT2D eigenvalue weighted by Crippen LogP contribution is 2.34. The van der Waals surface area contributed by atoms with Gasteiger partial charge in [0.15, 0.2) is 0 Å². The number of methoxy groups -OCH3 is 1. The van der Waals surface area contributed by atoms with Crippen molar-refractivity contribution < 1.29 is 13.9 Å². The summed E-state index contributed by atoms with van der Waals surface area (Å²) in [5, 5.41) is 3.24. The van der Waals surface area contributed by atoms with Gasteiger partial charge in [0.1, 0.15) is 11.4 Å². The zero-order valence-electron chi connectivity index (χ0n) is 12.0. The highest BCUT2D eigenvalue weighted by atomic mass is 35.5. The topological polar surface area (TPSA) is 41.6 Å². The van der Waals surface area contributed by atoms with Gasteiger partial charge in [0.25, 0.3) is 5.91 Å². The predicted molar refractivity (Wildman–Crippen MR) is 81.5 cm³/mol. The molecular weight excluding hydrogens is 295 g/mol. The van der Waals surface area contributed by atoms with Gasteiger partial charge in [0, 0.05) is 19.3 Å². The van der Waals surface area contributed by atoms with Crippen LogP contribution in [0.5, 0.6) is 0 Å². The van der Waals surface area contributed by atoms with Crippen molar-refractivity contribution in [1.82, 2.24) is 5.32 Å². The fourth-order valence-corrected chi connectivity index (χ4v) is 3.15. The zero-order valence-corrected chi connectivity index (χ0v) is 12.8. The summed E-state index contributed by atoms with van der Waals surface area (Å²) in [5.41, 5.74) is 0.962. The predicted octanol–water partition coefficient (Wildman–Crippen LogP) is 1.91. The van der Waals surface area contributed by atoms with Crippen LogP contribution in [0.3, 0.4) is 0 Å². The Kier molecular flexibility index (Phi) is 4.86. The smallest absolute Gasteiger partial charge is 0.259 e. The first-order valence-corrected chi connectivity index (χ1v) is 7.02. The van der Waals surface area contributed by atoms with Crippen LogP contribution in [0.1, 0.15) is 18.4 Å². The lowest BCUT2D eigenvalue weighted by molar-refractivity contribution is -0.143. The molecule has 1 N–H and O–H groups in total. The molecule has 1 saturated heterocycles. The maximum atomic E-state index is 13.4. The van der Waals surface area contributed by atoms with E-state index in [0.717, 1.165) is 25.1 Å². The number of hydrogen-bond acceptors (Lipinski definition) is 3. The number of piperidine rings is 1. The third-order valence-electron chi connectivity index (χ3n) is 4.38. The molecule has 4 nitrogen and oxygen atoms in total. The normalized spacial score (nSPS) is 19.8. The van der Waals surface area contributed by atoms with Gasteiger partial charge in [-0.2, -0.15) is 0 Å². The van der Waals surface area contributed by atoms with Gasteiger partial charge in [0.05, 0.1) is 0 Å². The first-order chi connectivity index (χ1) is 9.66. The Morgan fingerprint density at radius 1 is 1.38 bits per heavy atom. The molecule has 1 aromatic carbocycles. The van der Waals surface area contributed by atoms with Crippen LogP contribution in [-0.4, -0.2) is 38.3 Å². The number of nitrogens with one attached hydrogen (secondary N) is 1. The fraction of sp³-hybridized carbons (Fsp3) is 0.533. The highest BCUT2D eigenvalue weighted by molar-refractivity contribution is 6.01. The molecule has 1 aromatic rings. The van der Waals surface area contributed by atoms with Crippen LogP contribution in [0.25, 0.3) is 0 Å². The lowest BCUT2D eigenvalue weighted by Gasteiger charge is -2.37. The van der Waals surface area contributed by atoms with Crippen molar-refractivity contribution in [1.29, 1.82) is 0 Å². The average Bonchev–Trinajstić information content (AvgIpc) is 2.90. The minimum absolute atomic E-state index is 0. The van der Waals surface area contributed by atoms with E-state index in [4.69, 9.17) is 4.74 Å². The third-order valence-corrected chi connectivity index (χ3v) is 4.38. The van der Waals surface area contributed by atoms with Crippen LogP contribution in [0, 0.1) is 5.82 Å². The quantitative estimate of drug-likeness (QED) is 0.906. The number of hydrogen-bond donors (Lipinski definition) is 1. The number of carbonyl (C=O) groups is 1. The Labute approximate surface area is 130 Å². The van der Waals surface area contributed by atoms with Crippen molar-refractivity contribution in [3.05, 3.63) is 29.6 Å². The molecule has 2 heterocycles. The van der Waals surface area contributed by atoms with Crippen LogP contribution >= 0.6 is 12.4 Å². The van der Waals surface area contributed by atoms with Crippen LogP contribution in [0.4, 0.5) is 10.1 Å². The number of carbonyl (C=O) groups excluding carboxylic acids is 1. The molecule has 2 aliphatic heterocycles. The van der Waals surface area contributed by atoms with Gasteiger partial charge >= 0.3 is 0 Å². The van der Waals surface area contributed by atoms with Gasteiger partial charge in [-0.15, -0.1) is 12.4 Å². The van der Waals surface area contributed by atoms with Gasteiger partial charge in [-0.3, -0.25) is 4.79 Å². The molecule has 2 aliphatic rings. The number of nitrogens with zero attached hydrogens (tertiary/aromatic N) is 1.